The van der Waals surface area contributed by atoms with E-state index >= 15 is 0 Å². The Balaban J connectivity index is 1.88. The summed E-state index contributed by atoms with van der Waals surface area (Å²) < 4.78 is 5.71. The van der Waals surface area contributed by atoms with E-state index in [1.54, 1.807) is 7.11 Å². The van der Waals surface area contributed by atoms with Crippen LogP contribution in [0.5, 0.6) is 5.75 Å². The molecule has 0 radical (unpaired) electrons. The molecular formula is C26H31ClN2O. The van der Waals surface area contributed by atoms with Gasteiger partial charge in [-0.05, 0) is 67.3 Å². The molecule has 3 aromatic rings. The van der Waals surface area contributed by atoms with Gasteiger partial charge in [0.05, 0.1) is 7.11 Å². The summed E-state index contributed by atoms with van der Waals surface area (Å²) in [7, 11) is 1.70. The average Bonchev–Trinajstić information content (AvgIpc) is 2.72. The minimum Gasteiger partial charge on any atom is -0.496 e. The van der Waals surface area contributed by atoms with E-state index in [1.165, 1.54) is 0 Å². The van der Waals surface area contributed by atoms with Crippen LogP contribution in [-0.4, -0.2) is 19.7 Å². The molecule has 3 aromatic carbocycles. The third-order valence-corrected chi connectivity index (χ3v) is 5.16. The van der Waals surface area contributed by atoms with Crippen molar-refractivity contribution in [3.63, 3.8) is 0 Å². The molecule has 0 fully saturated rings. The van der Waals surface area contributed by atoms with E-state index < -0.39 is 0 Å². The van der Waals surface area contributed by atoms with Gasteiger partial charge >= 0.3 is 0 Å². The average molecular weight is 423 g/mol. The first-order chi connectivity index (χ1) is 14.4. The lowest BCUT2D eigenvalue weighted by Crippen LogP contribution is -2.09. The van der Waals surface area contributed by atoms with Gasteiger partial charge in [0.25, 0.3) is 0 Å². The first kappa shape index (κ1) is 22.0. The standard InChI is InChI=1S/C26H31ClN2O/c1-17(2)16-28-21-10-6-19(7-11-21)23-15-26(30-5)24(14-25(23)27)20-8-12-22(13-9-20)29-18(3)4/h6-15,17-18,28-29H,16H2,1-5H3. The fourth-order valence-electron chi connectivity index (χ4n) is 3.34. The normalized spacial score (nSPS) is 11.1. The second-order valence-electron chi connectivity index (χ2n) is 8.26. The maximum Gasteiger partial charge on any atom is 0.127 e. The molecule has 0 aliphatic heterocycles. The number of benzene rings is 3. The van der Waals surface area contributed by atoms with Crippen molar-refractivity contribution >= 4 is 23.0 Å². The fourth-order valence-corrected chi connectivity index (χ4v) is 3.61. The highest BCUT2D eigenvalue weighted by atomic mass is 35.5. The van der Waals surface area contributed by atoms with Gasteiger partial charge in [-0.1, -0.05) is 49.7 Å². The molecule has 30 heavy (non-hydrogen) atoms. The number of rotatable bonds is 8. The SMILES string of the molecule is COc1cc(-c2ccc(NCC(C)C)cc2)c(Cl)cc1-c1ccc(NC(C)C)cc1. The molecule has 0 unspecified atom stereocenters. The summed E-state index contributed by atoms with van der Waals surface area (Å²) in [6, 6.07) is 21.1. The van der Waals surface area contributed by atoms with Gasteiger partial charge in [0, 0.05) is 40.1 Å². The second-order valence-corrected chi connectivity index (χ2v) is 8.67. The largest absolute Gasteiger partial charge is 0.496 e. The molecule has 4 heteroatoms. The van der Waals surface area contributed by atoms with E-state index in [2.05, 4.69) is 86.9 Å². The zero-order valence-electron chi connectivity index (χ0n) is 18.4. The predicted molar refractivity (Wildman–Crippen MR) is 131 cm³/mol. The predicted octanol–water partition coefficient (Wildman–Crippen LogP) is 7.57. The third kappa shape index (κ3) is 5.48. The van der Waals surface area contributed by atoms with Crippen molar-refractivity contribution in [1.82, 2.24) is 0 Å². The van der Waals surface area contributed by atoms with Crippen molar-refractivity contribution < 1.29 is 4.74 Å². The molecule has 0 aromatic heterocycles. The van der Waals surface area contributed by atoms with Crippen molar-refractivity contribution in [3.05, 3.63) is 65.7 Å². The van der Waals surface area contributed by atoms with Crippen molar-refractivity contribution in [2.75, 3.05) is 24.3 Å². The molecule has 0 spiro atoms. The first-order valence-corrected chi connectivity index (χ1v) is 10.8. The number of nitrogens with one attached hydrogen (secondary N) is 2. The molecule has 158 valence electrons. The highest BCUT2D eigenvalue weighted by Crippen LogP contribution is 2.39. The molecule has 0 saturated carbocycles. The summed E-state index contributed by atoms with van der Waals surface area (Å²) in [6.07, 6.45) is 0. The molecule has 0 heterocycles. The van der Waals surface area contributed by atoms with E-state index in [4.69, 9.17) is 16.3 Å². The zero-order chi connectivity index (χ0) is 21.7. The highest BCUT2D eigenvalue weighted by molar-refractivity contribution is 6.33. The zero-order valence-corrected chi connectivity index (χ0v) is 19.2. The quantitative estimate of drug-likeness (QED) is 0.392. The van der Waals surface area contributed by atoms with Gasteiger partial charge in [0.1, 0.15) is 5.75 Å². The minimum atomic E-state index is 0.395. The van der Waals surface area contributed by atoms with Crippen molar-refractivity contribution in [2.24, 2.45) is 5.92 Å². The van der Waals surface area contributed by atoms with Gasteiger partial charge < -0.3 is 15.4 Å². The monoisotopic (exact) mass is 422 g/mol. The van der Waals surface area contributed by atoms with Gasteiger partial charge in [-0.25, -0.2) is 0 Å². The topological polar surface area (TPSA) is 33.3 Å². The van der Waals surface area contributed by atoms with Crippen LogP contribution in [0.15, 0.2) is 60.7 Å². The maximum atomic E-state index is 6.70. The Morgan fingerprint density at radius 3 is 1.90 bits per heavy atom. The molecule has 0 aliphatic rings. The number of ether oxygens (including phenoxy) is 1. The van der Waals surface area contributed by atoms with Crippen LogP contribution in [0.1, 0.15) is 27.7 Å². The van der Waals surface area contributed by atoms with Crippen LogP contribution in [0.4, 0.5) is 11.4 Å². The van der Waals surface area contributed by atoms with Gasteiger partial charge in [-0.3, -0.25) is 0 Å². The highest BCUT2D eigenvalue weighted by Gasteiger charge is 2.13. The third-order valence-electron chi connectivity index (χ3n) is 4.85. The van der Waals surface area contributed by atoms with E-state index in [9.17, 15) is 0 Å². The molecule has 3 nitrogen and oxygen atoms in total. The number of hydrogen-bond donors (Lipinski definition) is 2. The van der Waals surface area contributed by atoms with Gasteiger partial charge in [0.2, 0.25) is 0 Å². The molecular weight excluding hydrogens is 392 g/mol. The Morgan fingerprint density at radius 2 is 1.37 bits per heavy atom. The maximum absolute atomic E-state index is 6.70. The Morgan fingerprint density at radius 1 is 0.800 bits per heavy atom. The Labute approximate surface area is 185 Å². The van der Waals surface area contributed by atoms with Crippen molar-refractivity contribution in [2.45, 2.75) is 33.7 Å². The van der Waals surface area contributed by atoms with Crippen LogP contribution >= 0.6 is 11.6 Å². The molecule has 0 saturated heterocycles. The summed E-state index contributed by atoms with van der Waals surface area (Å²) >= 11 is 6.70. The van der Waals surface area contributed by atoms with Crippen LogP contribution in [0.25, 0.3) is 22.3 Å². The number of halogens is 1. The van der Waals surface area contributed by atoms with Crippen LogP contribution in [0, 0.1) is 5.92 Å². The van der Waals surface area contributed by atoms with Crippen molar-refractivity contribution in [3.8, 4) is 28.0 Å². The Kier molecular flexibility index (Phi) is 7.28. The lowest BCUT2D eigenvalue weighted by atomic mass is 9.98. The fraction of sp³-hybridized carbons (Fsp3) is 0.308. The number of hydrogen-bond acceptors (Lipinski definition) is 3. The van der Waals surface area contributed by atoms with E-state index in [1.807, 2.05) is 12.1 Å². The molecule has 2 N–H and O–H groups in total. The summed E-state index contributed by atoms with van der Waals surface area (Å²) in [6.45, 7) is 9.60. The van der Waals surface area contributed by atoms with Crippen LogP contribution < -0.4 is 15.4 Å². The van der Waals surface area contributed by atoms with E-state index in [0.29, 0.717) is 17.0 Å². The van der Waals surface area contributed by atoms with E-state index in [0.717, 1.165) is 45.9 Å². The lowest BCUT2D eigenvalue weighted by molar-refractivity contribution is 0.416. The molecule has 0 aliphatic carbocycles. The van der Waals surface area contributed by atoms with Gasteiger partial charge in [-0.15, -0.1) is 0 Å². The summed E-state index contributed by atoms with van der Waals surface area (Å²) in [5, 5.41) is 7.56. The Bertz CT molecular complexity index is 964. The Hall–Kier alpha value is -2.65. The minimum absolute atomic E-state index is 0.395. The first-order valence-electron chi connectivity index (χ1n) is 10.5. The van der Waals surface area contributed by atoms with Gasteiger partial charge in [-0.2, -0.15) is 0 Å². The smallest absolute Gasteiger partial charge is 0.127 e. The molecule has 0 bridgehead atoms. The van der Waals surface area contributed by atoms with Crippen LogP contribution in [0.3, 0.4) is 0 Å². The summed E-state index contributed by atoms with van der Waals surface area (Å²) in [5.41, 5.74) is 6.30. The number of methoxy groups -OCH3 is 1. The number of anilines is 2. The molecule has 0 atom stereocenters. The van der Waals surface area contributed by atoms with Crippen LogP contribution in [0.2, 0.25) is 5.02 Å². The molecule has 0 amide bonds. The van der Waals surface area contributed by atoms with Crippen molar-refractivity contribution in [1.29, 1.82) is 0 Å². The second kappa shape index (κ2) is 9.90. The van der Waals surface area contributed by atoms with Gasteiger partial charge in [0.15, 0.2) is 0 Å². The summed E-state index contributed by atoms with van der Waals surface area (Å²) in [4.78, 5) is 0. The lowest BCUT2D eigenvalue weighted by Gasteiger charge is -2.15. The molecule has 3 rings (SSSR count). The van der Waals surface area contributed by atoms with Crippen LogP contribution in [-0.2, 0) is 0 Å². The van der Waals surface area contributed by atoms with E-state index in [-0.39, 0.29) is 0 Å². The summed E-state index contributed by atoms with van der Waals surface area (Å²) in [5.74, 6) is 1.41.